The number of nitrogens with two attached hydrogens (primary N) is 1. The summed E-state index contributed by atoms with van der Waals surface area (Å²) in [6.07, 6.45) is 0.818. The van der Waals surface area contributed by atoms with Crippen LogP contribution in [0.15, 0.2) is 36.4 Å². The maximum Gasteiger partial charge on any atom is 0.311 e. The number of rotatable bonds is 4. The van der Waals surface area contributed by atoms with E-state index in [0.717, 1.165) is 12.0 Å². The van der Waals surface area contributed by atoms with Gasteiger partial charge in [-0.1, -0.05) is 25.1 Å². The number of hydrogen-bond donors (Lipinski definition) is 1. The lowest BCUT2D eigenvalue weighted by molar-refractivity contribution is -0.384. The van der Waals surface area contributed by atoms with Crippen LogP contribution in [0, 0.1) is 10.1 Å². The van der Waals surface area contributed by atoms with Crippen LogP contribution < -0.4 is 10.5 Å². The summed E-state index contributed by atoms with van der Waals surface area (Å²) in [6, 6.07) is 10.3. The summed E-state index contributed by atoms with van der Waals surface area (Å²) in [4.78, 5) is 13.9. The Labute approximate surface area is 110 Å². The Balaban J connectivity index is 2.29. The van der Waals surface area contributed by atoms with Crippen LogP contribution in [0.1, 0.15) is 12.5 Å². The molecule has 0 aliphatic heterocycles. The Morgan fingerprint density at radius 2 is 2.05 bits per heavy atom. The van der Waals surface area contributed by atoms with E-state index in [1.807, 2.05) is 31.2 Å². The van der Waals surface area contributed by atoms with Crippen LogP contribution in [-0.4, -0.2) is 9.91 Å². The van der Waals surface area contributed by atoms with Gasteiger partial charge in [-0.05, 0) is 18.1 Å². The van der Waals surface area contributed by atoms with Crippen molar-refractivity contribution in [2.24, 2.45) is 0 Å². The molecule has 0 unspecified atom stereocenters. The Kier molecular flexibility index (Phi) is 3.61. The van der Waals surface area contributed by atoms with E-state index in [4.69, 9.17) is 10.5 Å². The van der Waals surface area contributed by atoms with Crippen LogP contribution in [0.4, 0.5) is 11.5 Å². The van der Waals surface area contributed by atoms with Crippen molar-refractivity contribution in [2.45, 2.75) is 13.3 Å². The van der Waals surface area contributed by atoms with Gasteiger partial charge in [-0.3, -0.25) is 10.1 Å². The second-order valence-corrected chi connectivity index (χ2v) is 3.87. The molecule has 0 saturated carbocycles. The first-order valence-corrected chi connectivity index (χ1v) is 5.78. The van der Waals surface area contributed by atoms with Crippen molar-refractivity contribution < 1.29 is 9.66 Å². The third kappa shape index (κ3) is 2.79. The number of pyridine rings is 1. The van der Waals surface area contributed by atoms with Gasteiger partial charge < -0.3 is 10.5 Å². The molecule has 1 aromatic carbocycles. The van der Waals surface area contributed by atoms with Gasteiger partial charge in [-0.2, -0.15) is 4.98 Å². The predicted molar refractivity (Wildman–Crippen MR) is 71.2 cm³/mol. The molecule has 0 aliphatic carbocycles. The van der Waals surface area contributed by atoms with Crippen molar-refractivity contribution in [1.82, 2.24) is 4.98 Å². The topological polar surface area (TPSA) is 91.3 Å². The molecule has 0 fully saturated rings. The molecule has 0 radical (unpaired) electrons. The third-order valence-corrected chi connectivity index (χ3v) is 2.64. The van der Waals surface area contributed by atoms with Crippen molar-refractivity contribution >= 4 is 11.5 Å². The molecular formula is C13H13N3O3. The molecule has 2 aromatic rings. The third-order valence-electron chi connectivity index (χ3n) is 2.64. The van der Waals surface area contributed by atoms with Gasteiger partial charge in [0, 0.05) is 12.1 Å². The number of aryl methyl sites for hydroxylation is 1. The molecule has 1 aromatic heterocycles. The van der Waals surface area contributed by atoms with Gasteiger partial charge in [0.2, 0.25) is 11.7 Å². The molecule has 6 nitrogen and oxygen atoms in total. The normalized spacial score (nSPS) is 10.2. The van der Waals surface area contributed by atoms with Crippen molar-refractivity contribution in [1.29, 1.82) is 0 Å². The van der Waals surface area contributed by atoms with Gasteiger partial charge in [0.1, 0.15) is 5.75 Å². The number of benzene rings is 1. The van der Waals surface area contributed by atoms with E-state index in [9.17, 15) is 10.1 Å². The van der Waals surface area contributed by atoms with E-state index in [1.54, 1.807) is 0 Å². The monoisotopic (exact) mass is 259 g/mol. The maximum absolute atomic E-state index is 10.6. The standard InChI is InChI=1S/C13H13N3O3/c1-2-9-5-3-4-6-11(9)19-12-8-7-10(16(17)18)13(14)15-12/h3-8H,2H2,1H3,(H2,14,15). The van der Waals surface area contributed by atoms with E-state index >= 15 is 0 Å². The summed E-state index contributed by atoms with van der Waals surface area (Å²) >= 11 is 0. The van der Waals surface area contributed by atoms with Gasteiger partial charge in [0.05, 0.1) is 4.92 Å². The lowest BCUT2D eigenvalue weighted by Crippen LogP contribution is -2.00. The average molecular weight is 259 g/mol. The van der Waals surface area contributed by atoms with Gasteiger partial charge in [-0.25, -0.2) is 0 Å². The van der Waals surface area contributed by atoms with Gasteiger partial charge in [-0.15, -0.1) is 0 Å². The predicted octanol–water partition coefficient (Wildman–Crippen LogP) is 2.93. The summed E-state index contributed by atoms with van der Waals surface area (Å²) < 4.78 is 5.60. The highest BCUT2D eigenvalue weighted by molar-refractivity contribution is 5.53. The lowest BCUT2D eigenvalue weighted by Gasteiger charge is -2.09. The average Bonchev–Trinajstić information content (AvgIpc) is 2.39. The molecule has 0 saturated heterocycles. The molecule has 2 N–H and O–H groups in total. The first-order valence-electron chi connectivity index (χ1n) is 5.78. The van der Waals surface area contributed by atoms with E-state index in [0.29, 0.717) is 5.75 Å². The highest BCUT2D eigenvalue weighted by Crippen LogP contribution is 2.27. The minimum absolute atomic E-state index is 0.156. The summed E-state index contributed by atoms with van der Waals surface area (Å²) in [5, 5.41) is 10.6. The number of ether oxygens (including phenoxy) is 1. The van der Waals surface area contributed by atoms with E-state index in [2.05, 4.69) is 4.98 Å². The number of anilines is 1. The number of nitrogen functional groups attached to an aromatic ring is 1. The van der Waals surface area contributed by atoms with Crippen LogP contribution >= 0.6 is 0 Å². The molecule has 6 heteroatoms. The molecule has 0 bridgehead atoms. The fraction of sp³-hybridized carbons (Fsp3) is 0.154. The number of aromatic nitrogens is 1. The van der Waals surface area contributed by atoms with Crippen LogP contribution in [0.3, 0.4) is 0 Å². The highest BCUT2D eigenvalue weighted by Gasteiger charge is 2.14. The summed E-state index contributed by atoms with van der Waals surface area (Å²) in [7, 11) is 0. The minimum atomic E-state index is -0.577. The molecule has 2 rings (SSSR count). The van der Waals surface area contributed by atoms with Gasteiger partial charge in [0.25, 0.3) is 0 Å². The van der Waals surface area contributed by atoms with Crippen molar-refractivity contribution in [3.05, 3.63) is 52.1 Å². The Morgan fingerprint density at radius 3 is 2.68 bits per heavy atom. The molecule has 98 valence electrons. The number of nitrogens with zero attached hydrogens (tertiary/aromatic N) is 2. The van der Waals surface area contributed by atoms with Crippen molar-refractivity contribution in [2.75, 3.05) is 5.73 Å². The quantitative estimate of drug-likeness (QED) is 0.673. The number of para-hydroxylation sites is 1. The van der Waals surface area contributed by atoms with Crippen LogP contribution in [0.5, 0.6) is 11.6 Å². The zero-order valence-corrected chi connectivity index (χ0v) is 10.4. The Bertz CT molecular complexity index is 614. The highest BCUT2D eigenvalue weighted by atomic mass is 16.6. The molecule has 1 heterocycles. The lowest BCUT2D eigenvalue weighted by atomic mass is 10.1. The van der Waals surface area contributed by atoms with Gasteiger partial charge >= 0.3 is 5.69 Å². The zero-order valence-electron chi connectivity index (χ0n) is 10.4. The fourth-order valence-electron chi connectivity index (χ4n) is 1.67. The fourth-order valence-corrected chi connectivity index (χ4v) is 1.67. The van der Waals surface area contributed by atoms with E-state index < -0.39 is 4.92 Å². The number of nitro groups is 1. The largest absolute Gasteiger partial charge is 0.439 e. The Hall–Kier alpha value is -2.63. The molecular weight excluding hydrogens is 246 g/mol. The number of hydrogen-bond acceptors (Lipinski definition) is 5. The van der Waals surface area contributed by atoms with E-state index in [-0.39, 0.29) is 17.4 Å². The second-order valence-electron chi connectivity index (χ2n) is 3.87. The molecule has 0 atom stereocenters. The van der Waals surface area contributed by atoms with E-state index in [1.165, 1.54) is 12.1 Å². The van der Waals surface area contributed by atoms with Crippen molar-refractivity contribution in [3.63, 3.8) is 0 Å². The summed E-state index contributed by atoms with van der Waals surface area (Å²) in [6.45, 7) is 2.01. The first kappa shape index (κ1) is 12.8. The van der Waals surface area contributed by atoms with Crippen LogP contribution in [0.25, 0.3) is 0 Å². The Morgan fingerprint density at radius 1 is 1.32 bits per heavy atom. The smallest absolute Gasteiger partial charge is 0.311 e. The second kappa shape index (κ2) is 5.34. The summed E-state index contributed by atoms with van der Waals surface area (Å²) in [5.41, 5.74) is 6.32. The molecule has 19 heavy (non-hydrogen) atoms. The zero-order chi connectivity index (χ0) is 13.8. The SMILES string of the molecule is CCc1ccccc1Oc1ccc([N+](=O)[O-])c(N)n1. The minimum Gasteiger partial charge on any atom is -0.439 e. The maximum atomic E-state index is 10.6. The molecule has 0 spiro atoms. The summed E-state index contributed by atoms with van der Waals surface area (Å²) in [5.74, 6) is 0.756. The molecule has 0 amide bonds. The van der Waals surface area contributed by atoms with Gasteiger partial charge in [0.15, 0.2) is 0 Å². The first-order chi connectivity index (χ1) is 9.11. The molecule has 0 aliphatic rings. The van der Waals surface area contributed by atoms with Crippen LogP contribution in [-0.2, 0) is 6.42 Å². The van der Waals surface area contributed by atoms with Crippen molar-refractivity contribution in [3.8, 4) is 11.6 Å². The van der Waals surface area contributed by atoms with Crippen LogP contribution in [0.2, 0.25) is 0 Å².